The standard InChI is InChI=1S/C22H33FN6O.HI/c1-17(2)21(28-12-14-30-15-13-28)16-26-22(24-3)25-10-8-19-9-11-29(27-19)20-6-4-18(23)5-7-20;/h4-7,9,11,17,21H,8,10,12-16H2,1-3H3,(H2,24,25,26);1H. The number of nitrogens with one attached hydrogen (secondary N) is 2. The van der Waals surface area contributed by atoms with Crippen LogP contribution < -0.4 is 10.6 Å². The van der Waals surface area contributed by atoms with Crippen LogP contribution in [0.2, 0.25) is 0 Å². The zero-order chi connectivity index (χ0) is 21.3. The van der Waals surface area contributed by atoms with Crippen LogP contribution in [0.3, 0.4) is 0 Å². The number of hydrogen-bond donors (Lipinski definition) is 2. The molecular weight excluding hydrogens is 510 g/mol. The van der Waals surface area contributed by atoms with Crippen molar-refractivity contribution in [3.8, 4) is 5.69 Å². The minimum Gasteiger partial charge on any atom is -0.379 e. The number of nitrogens with zero attached hydrogens (tertiary/aromatic N) is 4. The molecule has 1 atom stereocenters. The Morgan fingerprint density at radius 2 is 1.87 bits per heavy atom. The van der Waals surface area contributed by atoms with Gasteiger partial charge in [0.1, 0.15) is 5.82 Å². The van der Waals surface area contributed by atoms with Gasteiger partial charge in [0, 0.05) is 51.9 Å². The lowest BCUT2D eigenvalue weighted by molar-refractivity contribution is 0.00752. The second-order valence-corrected chi connectivity index (χ2v) is 7.82. The molecule has 1 aliphatic heterocycles. The Morgan fingerprint density at radius 1 is 1.16 bits per heavy atom. The van der Waals surface area contributed by atoms with E-state index >= 15 is 0 Å². The fourth-order valence-corrected chi connectivity index (χ4v) is 3.66. The monoisotopic (exact) mass is 544 g/mol. The molecule has 31 heavy (non-hydrogen) atoms. The first-order valence-corrected chi connectivity index (χ1v) is 10.6. The lowest BCUT2D eigenvalue weighted by Gasteiger charge is -2.37. The van der Waals surface area contributed by atoms with Crippen LogP contribution in [0.1, 0.15) is 19.5 Å². The van der Waals surface area contributed by atoms with Gasteiger partial charge in [-0.3, -0.25) is 9.89 Å². The van der Waals surface area contributed by atoms with Gasteiger partial charge in [-0.2, -0.15) is 5.10 Å². The van der Waals surface area contributed by atoms with Crippen molar-refractivity contribution >= 4 is 29.9 Å². The van der Waals surface area contributed by atoms with Crippen molar-refractivity contribution < 1.29 is 9.13 Å². The van der Waals surface area contributed by atoms with E-state index in [1.165, 1.54) is 12.1 Å². The minimum absolute atomic E-state index is 0. The third kappa shape index (κ3) is 7.73. The second kappa shape index (κ2) is 13.0. The Morgan fingerprint density at radius 3 is 2.52 bits per heavy atom. The fourth-order valence-electron chi connectivity index (χ4n) is 3.66. The van der Waals surface area contributed by atoms with E-state index in [1.807, 2.05) is 12.3 Å². The van der Waals surface area contributed by atoms with Gasteiger partial charge in [-0.1, -0.05) is 13.8 Å². The first-order chi connectivity index (χ1) is 14.6. The molecule has 0 radical (unpaired) electrons. The average Bonchev–Trinajstić information content (AvgIpc) is 3.22. The summed E-state index contributed by atoms with van der Waals surface area (Å²) >= 11 is 0. The van der Waals surface area contributed by atoms with Gasteiger partial charge in [0.25, 0.3) is 0 Å². The van der Waals surface area contributed by atoms with Crippen LogP contribution in [-0.4, -0.2) is 73.1 Å². The number of rotatable bonds is 8. The lowest BCUT2D eigenvalue weighted by atomic mass is 10.0. The molecule has 7 nitrogen and oxygen atoms in total. The molecule has 172 valence electrons. The van der Waals surface area contributed by atoms with Gasteiger partial charge in [-0.25, -0.2) is 9.07 Å². The number of ether oxygens (including phenoxy) is 1. The predicted octanol–water partition coefficient (Wildman–Crippen LogP) is 2.69. The molecule has 9 heteroatoms. The molecule has 1 aliphatic rings. The van der Waals surface area contributed by atoms with Crippen LogP contribution in [-0.2, 0) is 11.2 Å². The summed E-state index contributed by atoms with van der Waals surface area (Å²) in [6.45, 7) is 9.66. The summed E-state index contributed by atoms with van der Waals surface area (Å²) in [4.78, 5) is 6.84. The van der Waals surface area contributed by atoms with E-state index in [2.05, 4.69) is 39.5 Å². The number of aliphatic imine (C=N–C) groups is 1. The molecule has 0 amide bonds. The molecule has 0 bridgehead atoms. The Hall–Kier alpha value is -1.72. The number of guanidine groups is 1. The topological polar surface area (TPSA) is 66.7 Å². The first-order valence-electron chi connectivity index (χ1n) is 10.6. The van der Waals surface area contributed by atoms with Crippen LogP contribution in [0.15, 0.2) is 41.5 Å². The smallest absolute Gasteiger partial charge is 0.191 e. The highest BCUT2D eigenvalue weighted by Crippen LogP contribution is 2.12. The highest BCUT2D eigenvalue weighted by atomic mass is 127. The summed E-state index contributed by atoms with van der Waals surface area (Å²) in [5.74, 6) is 1.10. The SMILES string of the molecule is CN=C(NCCc1ccn(-c2ccc(F)cc2)n1)NCC(C(C)C)N1CCOCC1.I. The third-order valence-electron chi connectivity index (χ3n) is 5.40. The average molecular weight is 544 g/mol. The molecule has 0 spiro atoms. The van der Waals surface area contributed by atoms with E-state index < -0.39 is 0 Å². The Bertz CT molecular complexity index is 805. The molecule has 1 fully saturated rings. The maximum Gasteiger partial charge on any atom is 0.191 e. The zero-order valence-electron chi connectivity index (χ0n) is 18.6. The molecule has 1 aromatic heterocycles. The maximum absolute atomic E-state index is 13.1. The van der Waals surface area contributed by atoms with E-state index in [1.54, 1.807) is 23.9 Å². The molecule has 2 heterocycles. The summed E-state index contributed by atoms with van der Waals surface area (Å²) in [5.41, 5.74) is 1.81. The van der Waals surface area contributed by atoms with E-state index in [4.69, 9.17) is 4.74 Å². The Labute approximate surface area is 201 Å². The number of morpholine rings is 1. The predicted molar refractivity (Wildman–Crippen MR) is 133 cm³/mol. The van der Waals surface area contributed by atoms with E-state index in [0.717, 1.165) is 63.2 Å². The van der Waals surface area contributed by atoms with Crippen LogP contribution >= 0.6 is 24.0 Å². The van der Waals surface area contributed by atoms with Crippen LogP contribution in [0.4, 0.5) is 4.39 Å². The first kappa shape index (κ1) is 25.5. The number of benzene rings is 1. The maximum atomic E-state index is 13.1. The van der Waals surface area contributed by atoms with Crippen molar-refractivity contribution in [3.63, 3.8) is 0 Å². The minimum atomic E-state index is -0.248. The van der Waals surface area contributed by atoms with Crippen molar-refractivity contribution in [1.29, 1.82) is 0 Å². The summed E-state index contributed by atoms with van der Waals surface area (Å²) in [6.07, 6.45) is 2.66. The molecule has 1 saturated heterocycles. The van der Waals surface area contributed by atoms with Crippen LogP contribution in [0, 0.1) is 11.7 Å². The molecule has 3 rings (SSSR count). The molecule has 0 saturated carbocycles. The van der Waals surface area contributed by atoms with Gasteiger partial charge in [-0.05, 0) is 36.2 Å². The largest absolute Gasteiger partial charge is 0.379 e. The van der Waals surface area contributed by atoms with Gasteiger partial charge in [-0.15, -0.1) is 24.0 Å². The number of halogens is 2. The van der Waals surface area contributed by atoms with Gasteiger partial charge in [0.15, 0.2) is 5.96 Å². The molecular formula is C22H34FIN6O. The third-order valence-corrected chi connectivity index (χ3v) is 5.40. The lowest BCUT2D eigenvalue weighted by Crippen LogP contribution is -2.52. The molecule has 0 aliphatic carbocycles. The van der Waals surface area contributed by atoms with Gasteiger partial charge in [0.2, 0.25) is 0 Å². The van der Waals surface area contributed by atoms with Crippen LogP contribution in [0.25, 0.3) is 5.69 Å². The van der Waals surface area contributed by atoms with Crippen molar-refractivity contribution in [3.05, 3.63) is 48.0 Å². The van der Waals surface area contributed by atoms with Gasteiger partial charge >= 0.3 is 0 Å². The van der Waals surface area contributed by atoms with Crippen molar-refractivity contribution in [2.45, 2.75) is 26.3 Å². The molecule has 1 aromatic carbocycles. The summed E-state index contributed by atoms with van der Waals surface area (Å²) in [7, 11) is 1.79. The van der Waals surface area contributed by atoms with Gasteiger partial charge < -0.3 is 15.4 Å². The van der Waals surface area contributed by atoms with E-state index in [-0.39, 0.29) is 29.8 Å². The van der Waals surface area contributed by atoms with Crippen LogP contribution in [0.5, 0.6) is 0 Å². The quantitative estimate of drug-likeness (QED) is 0.304. The Balaban J connectivity index is 0.00000341. The molecule has 2 aromatic rings. The summed E-state index contributed by atoms with van der Waals surface area (Å²) < 4.78 is 20.3. The van der Waals surface area contributed by atoms with Gasteiger partial charge in [0.05, 0.1) is 24.6 Å². The normalized spacial score (nSPS) is 16.1. The number of aromatic nitrogens is 2. The van der Waals surface area contributed by atoms with E-state index in [9.17, 15) is 4.39 Å². The Kier molecular flexibility index (Phi) is 10.7. The zero-order valence-corrected chi connectivity index (χ0v) is 20.9. The summed E-state index contributed by atoms with van der Waals surface area (Å²) in [5, 5.41) is 11.4. The van der Waals surface area contributed by atoms with E-state index in [0.29, 0.717) is 12.0 Å². The fraction of sp³-hybridized carbons (Fsp3) is 0.545. The highest BCUT2D eigenvalue weighted by Gasteiger charge is 2.23. The highest BCUT2D eigenvalue weighted by molar-refractivity contribution is 14.0. The summed E-state index contributed by atoms with van der Waals surface area (Å²) in [6, 6.07) is 8.74. The number of hydrogen-bond acceptors (Lipinski definition) is 4. The van der Waals surface area contributed by atoms with Crippen molar-refractivity contribution in [2.75, 3.05) is 46.4 Å². The second-order valence-electron chi connectivity index (χ2n) is 7.82. The molecule has 2 N–H and O–H groups in total. The molecule has 1 unspecified atom stereocenters. The van der Waals surface area contributed by atoms with Crippen molar-refractivity contribution in [1.82, 2.24) is 25.3 Å². The van der Waals surface area contributed by atoms with Crippen molar-refractivity contribution in [2.24, 2.45) is 10.9 Å².